The first kappa shape index (κ1) is 16.5. The fraction of sp³-hybridized carbons (Fsp3) is 0.471. The van der Waals surface area contributed by atoms with Crippen LogP contribution in [0.5, 0.6) is 0 Å². The predicted octanol–water partition coefficient (Wildman–Crippen LogP) is 4.38. The van der Waals surface area contributed by atoms with Gasteiger partial charge in [0, 0.05) is 11.6 Å². The number of hydrogen-bond acceptors (Lipinski definition) is 6. The number of nitrogens with zero attached hydrogens (tertiary/aromatic N) is 2. The maximum absolute atomic E-state index is 12.3. The SMILES string of the molecule is CC(C)(C)c1ccc(C(=O)CSc2nnc(NC3CC3)s2)cc1. The number of hydrogen-bond donors (Lipinski definition) is 1. The van der Waals surface area contributed by atoms with Gasteiger partial charge in [0.15, 0.2) is 10.1 Å². The zero-order valence-corrected chi connectivity index (χ0v) is 15.3. The Morgan fingerprint density at radius 1 is 1.26 bits per heavy atom. The average Bonchev–Trinajstić information content (AvgIpc) is 3.21. The highest BCUT2D eigenvalue weighted by Gasteiger charge is 2.22. The van der Waals surface area contributed by atoms with E-state index in [0.29, 0.717) is 11.8 Å². The van der Waals surface area contributed by atoms with Crippen LogP contribution >= 0.6 is 23.1 Å². The molecule has 0 amide bonds. The molecule has 1 N–H and O–H groups in total. The molecule has 0 bridgehead atoms. The molecule has 4 nitrogen and oxygen atoms in total. The molecular formula is C17H21N3OS2. The third kappa shape index (κ3) is 4.54. The number of thioether (sulfide) groups is 1. The number of carbonyl (C=O) groups excluding carboxylic acids is 1. The van der Waals surface area contributed by atoms with E-state index in [-0.39, 0.29) is 11.2 Å². The molecule has 1 fully saturated rings. The predicted molar refractivity (Wildman–Crippen MR) is 96.8 cm³/mol. The molecular weight excluding hydrogens is 326 g/mol. The number of anilines is 1. The van der Waals surface area contributed by atoms with E-state index in [0.717, 1.165) is 15.0 Å². The van der Waals surface area contributed by atoms with Gasteiger partial charge in [-0.25, -0.2) is 0 Å². The monoisotopic (exact) mass is 347 g/mol. The molecule has 0 atom stereocenters. The highest BCUT2D eigenvalue weighted by atomic mass is 32.2. The molecule has 1 aliphatic rings. The first-order chi connectivity index (χ1) is 10.9. The molecule has 0 aliphatic heterocycles. The number of benzene rings is 1. The summed E-state index contributed by atoms with van der Waals surface area (Å²) in [5, 5.41) is 12.4. The zero-order chi connectivity index (χ0) is 16.4. The summed E-state index contributed by atoms with van der Waals surface area (Å²) in [5.41, 5.74) is 2.10. The van der Waals surface area contributed by atoms with E-state index >= 15 is 0 Å². The molecule has 0 unspecified atom stereocenters. The second-order valence-corrected chi connectivity index (χ2v) is 9.03. The van der Waals surface area contributed by atoms with Crippen molar-refractivity contribution in [3.63, 3.8) is 0 Å². The number of ketones is 1. The molecule has 1 heterocycles. The van der Waals surface area contributed by atoms with E-state index in [4.69, 9.17) is 0 Å². The highest BCUT2D eigenvalue weighted by Crippen LogP contribution is 2.30. The summed E-state index contributed by atoms with van der Waals surface area (Å²) in [7, 11) is 0. The second-order valence-electron chi connectivity index (χ2n) is 6.83. The second kappa shape index (κ2) is 6.61. The Bertz CT molecular complexity index is 685. The Morgan fingerprint density at radius 3 is 2.57 bits per heavy atom. The first-order valence-electron chi connectivity index (χ1n) is 7.78. The van der Waals surface area contributed by atoms with Gasteiger partial charge >= 0.3 is 0 Å². The summed E-state index contributed by atoms with van der Waals surface area (Å²) < 4.78 is 0.841. The average molecular weight is 348 g/mol. The van der Waals surface area contributed by atoms with Gasteiger partial charge in [-0.15, -0.1) is 10.2 Å². The number of Topliss-reactive ketones (excluding diaryl/α,β-unsaturated/α-hetero) is 1. The van der Waals surface area contributed by atoms with Gasteiger partial charge in [-0.3, -0.25) is 4.79 Å². The minimum Gasteiger partial charge on any atom is -0.357 e. The van der Waals surface area contributed by atoms with Gasteiger partial charge in [0.25, 0.3) is 0 Å². The van der Waals surface area contributed by atoms with Crippen LogP contribution < -0.4 is 5.32 Å². The smallest absolute Gasteiger partial charge is 0.206 e. The lowest BCUT2D eigenvalue weighted by Crippen LogP contribution is -2.11. The minimum absolute atomic E-state index is 0.105. The Balaban J connectivity index is 1.55. The molecule has 0 saturated heterocycles. The highest BCUT2D eigenvalue weighted by molar-refractivity contribution is 8.01. The van der Waals surface area contributed by atoms with E-state index in [1.165, 1.54) is 41.5 Å². The molecule has 1 aliphatic carbocycles. The molecule has 3 rings (SSSR count). The molecule has 1 aromatic carbocycles. The molecule has 1 saturated carbocycles. The van der Waals surface area contributed by atoms with Gasteiger partial charge in [-0.2, -0.15) is 0 Å². The summed E-state index contributed by atoms with van der Waals surface area (Å²) in [6.07, 6.45) is 2.43. The zero-order valence-electron chi connectivity index (χ0n) is 13.6. The van der Waals surface area contributed by atoms with E-state index in [1.54, 1.807) is 0 Å². The Labute approximate surface area is 145 Å². The topological polar surface area (TPSA) is 54.9 Å². The lowest BCUT2D eigenvalue weighted by molar-refractivity contribution is 0.102. The van der Waals surface area contributed by atoms with Crippen molar-refractivity contribution in [1.29, 1.82) is 0 Å². The first-order valence-corrected chi connectivity index (χ1v) is 9.58. The van der Waals surface area contributed by atoms with Crippen LogP contribution in [0.1, 0.15) is 49.5 Å². The summed E-state index contributed by atoms with van der Waals surface area (Å²) in [5.74, 6) is 0.523. The summed E-state index contributed by atoms with van der Waals surface area (Å²) in [6.45, 7) is 6.51. The van der Waals surface area contributed by atoms with Crippen LogP contribution in [-0.4, -0.2) is 27.8 Å². The van der Waals surface area contributed by atoms with E-state index in [1.807, 2.05) is 24.3 Å². The van der Waals surface area contributed by atoms with Crippen LogP contribution in [0, 0.1) is 0 Å². The van der Waals surface area contributed by atoms with Crippen LogP contribution in [0.15, 0.2) is 28.6 Å². The summed E-state index contributed by atoms with van der Waals surface area (Å²) in [4.78, 5) is 12.3. The molecule has 1 aromatic heterocycles. The standard InChI is InChI=1S/C17H21N3OS2/c1-17(2,3)12-6-4-11(5-7-12)14(21)10-22-16-20-19-15(23-16)18-13-8-9-13/h4-7,13H,8-10H2,1-3H3,(H,18,19). The van der Waals surface area contributed by atoms with Gasteiger partial charge in [0.2, 0.25) is 5.13 Å². The van der Waals surface area contributed by atoms with Crippen LogP contribution in [0.2, 0.25) is 0 Å². The maximum Gasteiger partial charge on any atom is 0.206 e. The normalized spacial score (nSPS) is 14.7. The van der Waals surface area contributed by atoms with Crippen molar-refractivity contribution in [2.45, 2.75) is 49.4 Å². The van der Waals surface area contributed by atoms with Gasteiger partial charge in [0.05, 0.1) is 5.75 Å². The van der Waals surface area contributed by atoms with Crippen molar-refractivity contribution in [3.8, 4) is 0 Å². The molecule has 2 aromatic rings. The number of carbonyl (C=O) groups is 1. The van der Waals surface area contributed by atoms with Gasteiger partial charge < -0.3 is 5.32 Å². The summed E-state index contributed by atoms with van der Waals surface area (Å²) in [6, 6.07) is 8.50. The van der Waals surface area contributed by atoms with Crippen LogP contribution in [0.4, 0.5) is 5.13 Å². The van der Waals surface area contributed by atoms with Crippen molar-refractivity contribution in [2.75, 3.05) is 11.1 Å². The van der Waals surface area contributed by atoms with Gasteiger partial charge in [-0.05, 0) is 23.8 Å². The fourth-order valence-electron chi connectivity index (χ4n) is 2.10. The van der Waals surface area contributed by atoms with Crippen LogP contribution in [-0.2, 0) is 5.41 Å². The minimum atomic E-state index is 0.105. The lowest BCUT2D eigenvalue weighted by atomic mass is 9.86. The molecule has 6 heteroatoms. The van der Waals surface area contributed by atoms with Crippen molar-refractivity contribution < 1.29 is 4.79 Å². The number of rotatable bonds is 6. The van der Waals surface area contributed by atoms with E-state index in [9.17, 15) is 4.79 Å². The Morgan fingerprint density at radius 2 is 1.96 bits per heavy atom. The van der Waals surface area contributed by atoms with Gasteiger partial charge in [0.1, 0.15) is 0 Å². The van der Waals surface area contributed by atoms with E-state index in [2.05, 4.69) is 36.3 Å². The summed E-state index contributed by atoms with van der Waals surface area (Å²) >= 11 is 2.98. The van der Waals surface area contributed by atoms with Gasteiger partial charge in [-0.1, -0.05) is 68.1 Å². The molecule has 23 heavy (non-hydrogen) atoms. The third-order valence-corrected chi connectivity index (χ3v) is 5.70. The molecule has 122 valence electrons. The maximum atomic E-state index is 12.3. The lowest BCUT2D eigenvalue weighted by Gasteiger charge is -2.18. The van der Waals surface area contributed by atoms with Crippen LogP contribution in [0.25, 0.3) is 0 Å². The fourth-order valence-corrected chi connectivity index (χ4v) is 3.82. The number of nitrogens with one attached hydrogen (secondary N) is 1. The number of aromatic nitrogens is 2. The third-order valence-electron chi connectivity index (χ3n) is 3.71. The Hall–Kier alpha value is -1.40. The Kier molecular flexibility index (Phi) is 4.73. The quantitative estimate of drug-likeness (QED) is 0.620. The van der Waals surface area contributed by atoms with Crippen LogP contribution in [0.3, 0.4) is 0 Å². The van der Waals surface area contributed by atoms with Crippen molar-refractivity contribution in [2.24, 2.45) is 0 Å². The molecule has 0 spiro atoms. The van der Waals surface area contributed by atoms with Crippen molar-refractivity contribution >= 4 is 34.0 Å². The van der Waals surface area contributed by atoms with Crippen molar-refractivity contribution in [1.82, 2.24) is 10.2 Å². The largest absolute Gasteiger partial charge is 0.357 e. The van der Waals surface area contributed by atoms with E-state index < -0.39 is 0 Å². The molecule has 0 radical (unpaired) electrons. The van der Waals surface area contributed by atoms with Crippen molar-refractivity contribution in [3.05, 3.63) is 35.4 Å².